The number of aliphatic imine (C=N–C) groups is 1. The molecular weight excluding hydrogens is 392 g/mol. The van der Waals surface area contributed by atoms with E-state index in [9.17, 15) is 4.79 Å². The van der Waals surface area contributed by atoms with Crippen LogP contribution >= 0.6 is 0 Å². The minimum absolute atomic E-state index is 0.0551. The number of amides is 1. The van der Waals surface area contributed by atoms with Gasteiger partial charge in [-0.15, -0.1) is 0 Å². The van der Waals surface area contributed by atoms with Gasteiger partial charge in [0.05, 0.1) is 6.61 Å². The maximum absolute atomic E-state index is 12.0. The summed E-state index contributed by atoms with van der Waals surface area (Å²) in [5, 5.41) is 9.52. The first-order chi connectivity index (χ1) is 15.1. The van der Waals surface area contributed by atoms with E-state index in [0.717, 1.165) is 29.7 Å². The highest BCUT2D eigenvalue weighted by Gasteiger charge is 2.07. The maximum Gasteiger partial charge on any atom is 0.251 e. The number of ether oxygens (including phenoxy) is 2. The Morgan fingerprint density at radius 2 is 1.74 bits per heavy atom. The van der Waals surface area contributed by atoms with Crippen molar-refractivity contribution in [1.82, 2.24) is 16.0 Å². The lowest BCUT2D eigenvalue weighted by molar-refractivity contribution is 0.0953. The maximum atomic E-state index is 12.0. The Labute approximate surface area is 185 Å². The number of hydrogen-bond donors (Lipinski definition) is 3. The molecule has 0 radical (unpaired) electrons. The summed E-state index contributed by atoms with van der Waals surface area (Å²) in [6, 6.07) is 15.4. The summed E-state index contributed by atoms with van der Waals surface area (Å²) in [5.41, 5.74) is 2.90. The van der Waals surface area contributed by atoms with Crippen LogP contribution in [-0.4, -0.2) is 52.3 Å². The monoisotopic (exact) mass is 426 g/mol. The molecule has 7 heteroatoms. The van der Waals surface area contributed by atoms with Crippen molar-refractivity contribution < 1.29 is 14.3 Å². The average Bonchev–Trinajstić information content (AvgIpc) is 2.80. The Morgan fingerprint density at radius 1 is 0.968 bits per heavy atom. The van der Waals surface area contributed by atoms with Gasteiger partial charge in [0, 0.05) is 57.9 Å². The number of nitrogens with zero attached hydrogens (tertiary/aromatic N) is 1. The van der Waals surface area contributed by atoms with Crippen LogP contribution in [-0.2, 0) is 11.3 Å². The second-order valence-electron chi connectivity index (χ2n) is 7.13. The predicted molar refractivity (Wildman–Crippen MR) is 125 cm³/mol. The van der Waals surface area contributed by atoms with Crippen LogP contribution in [0.5, 0.6) is 5.75 Å². The van der Waals surface area contributed by atoms with E-state index in [1.165, 1.54) is 0 Å². The van der Waals surface area contributed by atoms with Crippen molar-refractivity contribution in [1.29, 1.82) is 0 Å². The van der Waals surface area contributed by atoms with E-state index >= 15 is 0 Å². The number of nitrogens with one attached hydrogen (secondary N) is 3. The first-order valence-electron chi connectivity index (χ1n) is 10.6. The summed E-state index contributed by atoms with van der Waals surface area (Å²) in [4.78, 5) is 16.3. The van der Waals surface area contributed by atoms with Crippen LogP contribution in [0.2, 0.25) is 0 Å². The second kappa shape index (κ2) is 14.0. The summed E-state index contributed by atoms with van der Waals surface area (Å²) in [6.07, 6.45) is 1.64. The standard InChI is InChI=1S/C24H34N4O3/c1-19-11-12-21(22(17-19)31-16-8-15-30-3)18-28-24(25-2)27-14-7-13-26-23(29)20-9-5-4-6-10-20/h4-6,9-12,17H,7-8,13-16,18H2,1-3H3,(H,26,29)(H2,25,27,28). The molecule has 2 rings (SSSR count). The number of hydrogen-bond acceptors (Lipinski definition) is 4. The quantitative estimate of drug-likeness (QED) is 0.276. The van der Waals surface area contributed by atoms with Crippen molar-refractivity contribution in [3.63, 3.8) is 0 Å². The molecule has 2 aromatic carbocycles. The van der Waals surface area contributed by atoms with E-state index in [-0.39, 0.29) is 5.91 Å². The van der Waals surface area contributed by atoms with Crippen molar-refractivity contribution in [2.45, 2.75) is 26.3 Å². The van der Waals surface area contributed by atoms with Crippen molar-refractivity contribution in [3.8, 4) is 5.75 Å². The molecular formula is C24H34N4O3. The molecule has 0 unspecified atom stereocenters. The molecule has 7 nitrogen and oxygen atoms in total. The van der Waals surface area contributed by atoms with Crippen molar-refractivity contribution in [2.24, 2.45) is 4.99 Å². The molecule has 1 amide bonds. The zero-order valence-electron chi connectivity index (χ0n) is 18.7. The van der Waals surface area contributed by atoms with Crippen molar-refractivity contribution in [3.05, 3.63) is 65.2 Å². The smallest absolute Gasteiger partial charge is 0.251 e. The molecule has 3 N–H and O–H groups in total. The predicted octanol–water partition coefficient (Wildman–Crippen LogP) is 2.90. The fraction of sp³-hybridized carbons (Fsp3) is 0.417. The van der Waals surface area contributed by atoms with Crippen LogP contribution < -0.4 is 20.7 Å². The zero-order valence-corrected chi connectivity index (χ0v) is 18.7. The van der Waals surface area contributed by atoms with Crippen LogP contribution in [0, 0.1) is 6.92 Å². The van der Waals surface area contributed by atoms with Gasteiger partial charge in [0.25, 0.3) is 5.91 Å². The Balaban J connectivity index is 1.72. The van der Waals surface area contributed by atoms with E-state index < -0.39 is 0 Å². The highest BCUT2D eigenvalue weighted by molar-refractivity contribution is 5.94. The second-order valence-corrected chi connectivity index (χ2v) is 7.13. The highest BCUT2D eigenvalue weighted by atomic mass is 16.5. The zero-order chi connectivity index (χ0) is 22.3. The van der Waals surface area contributed by atoms with E-state index in [2.05, 4.69) is 46.1 Å². The molecule has 0 spiro atoms. The number of benzene rings is 2. The third-order valence-electron chi connectivity index (χ3n) is 4.61. The number of guanidine groups is 1. The van der Waals surface area contributed by atoms with Gasteiger partial charge in [0.2, 0.25) is 0 Å². The summed E-state index contributed by atoms with van der Waals surface area (Å²) < 4.78 is 11.0. The van der Waals surface area contributed by atoms with Gasteiger partial charge < -0.3 is 25.4 Å². The molecule has 0 heterocycles. The minimum atomic E-state index is -0.0551. The summed E-state index contributed by atoms with van der Waals surface area (Å²) in [6.45, 7) is 5.24. The van der Waals surface area contributed by atoms with E-state index in [1.807, 2.05) is 18.2 Å². The highest BCUT2D eigenvalue weighted by Crippen LogP contribution is 2.20. The lowest BCUT2D eigenvalue weighted by atomic mass is 10.1. The van der Waals surface area contributed by atoms with Crippen LogP contribution in [0.1, 0.15) is 34.3 Å². The van der Waals surface area contributed by atoms with Crippen molar-refractivity contribution in [2.75, 3.05) is 40.5 Å². The normalized spacial score (nSPS) is 11.1. The van der Waals surface area contributed by atoms with Gasteiger partial charge in [0.15, 0.2) is 5.96 Å². The molecule has 0 fully saturated rings. The third kappa shape index (κ3) is 9.09. The van der Waals surface area contributed by atoms with Crippen LogP contribution in [0.25, 0.3) is 0 Å². The molecule has 0 aliphatic carbocycles. The number of rotatable bonds is 12. The van der Waals surface area contributed by atoms with Crippen LogP contribution in [0.4, 0.5) is 0 Å². The average molecular weight is 427 g/mol. The number of aryl methyl sites for hydroxylation is 1. The molecule has 0 atom stereocenters. The SMILES string of the molecule is CN=C(NCCCNC(=O)c1ccccc1)NCc1ccc(C)cc1OCCCOC. The van der Waals surface area contributed by atoms with E-state index in [0.29, 0.717) is 44.4 Å². The molecule has 0 saturated carbocycles. The van der Waals surface area contributed by atoms with Crippen LogP contribution in [0.3, 0.4) is 0 Å². The summed E-state index contributed by atoms with van der Waals surface area (Å²) in [5.74, 6) is 1.53. The molecule has 0 aliphatic heterocycles. The molecule has 2 aromatic rings. The van der Waals surface area contributed by atoms with Crippen molar-refractivity contribution >= 4 is 11.9 Å². The fourth-order valence-electron chi connectivity index (χ4n) is 2.92. The van der Waals surface area contributed by atoms with Gasteiger partial charge >= 0.3 is 0 Å². The Bertz CT molecular complexity index is 825. The van der Waals surface area contributed by atoms with Gasteiger partial charge in [0.1, 0.15) is 5.75 Å². The Kier molecular flexibility index (Phi) is 11.0. The largest absolute Gasteiger partial charge is 0.493 e. The molecule has 0 bridgehead atoms. The van der Waals surface area contributed by atoms with Gasteiger partial charge in [-0.1, -0.05) is 30.3 Å². The lowest BCUT2D eigenvalue weighted by Crippen LogP contribution is -2.38. The first kappa shape index (κ1) is 24.2. The fourth-order valence-corrected chi connectivity index (χ4v) is 2.92. The van der Waals surface area contributed by atoms with Gasteiger partial charge in [-0.25, -0.2) is 0 Å². The number of carbonyl (C=O) groups excluding carboxylic acids is 1. The summed E-state index contributed by atoms with van der Waals surface area (Å²) in [7, 11) is 3.43. The molecule has 168 valence electrons. The van der Waals surface area contributed by atoms with Gasteiger partial charge in [-0.05, 0) is 37.1 Å². The van der Waals surface area contributed by atoms with Crippen LogP contribution in [0.15, 0.2) is 53.5 Å². The lowest BCUT2D eigenvalue weighted by Gasteiger charge is -2.15. The minimum Gasteiger partial charge on any atom is -0.493 e. The topological polar surface area (TPSA) is 84.0 Å². The molecule has 0 aliphatic rings. The Hall–Kier alpha value is -3.06. The molecule has 0 saturated heterocycles. The Morgan fingerprint density at radius 3 is 2.48 bits per heavy atom. The van der Waals surface area contributed by atoms with E-state index in [1.54, 1.807) is 26.3 Å². The van der Waals surface area contributed by atoms with Gasteiger partial charge in [-0.3, -0.25) is 9.79 Å². The molecule has 31 heavy (non-hydrogen) atoms. The molecule has 0 aromatic heterocycles. The first-order valence-corrected chi connectivity index (χ1v) is 10.6. The van der Waals surface area contributed by atoms with Gasteiger partial charge in [-0.2, -0.15) is 0 Å². The number of carbonyl (C=O) groups is 1. The summed E-state index contributed by atoms with van der Waals surface area (Å²) >= 11 is 0. The van der Waals surface area contributed by atoms with E-state index in [4.69, 9.17) is 9.47 Å². The third-order valence-corrected chi connectivity index (χ3v) is 4.61. The number of methoxy groups -OCH3 is 1.